The van der Waals surface area contributed by atoms with Crippen molar-refractivity contribution in [3.8, 4) is 5.75 Å². The summed E-state index contributed by atoms with van der Waals surface area (Å²) in [5.74, 6) is 0.289. The zero-order valence-electron chi connectivity index (χ0n) is 13.5. The molecule has 8 heteroatoms. The molecule has 2 rings (SSSR count). The number of methoxy groups -OCH3 is 1. The van der Waals surface area contributed by atoms with Crippen LogP contribution in [-0.4, -0.2) is 30.4 Å². The van der Waals surface area contributed by atoms with Crippen molar-refractivity contribution < 1.29 is 27.8 Å². The number of nitrogens with one attached hydrogen (secondary N) is 2. The van der Waals surface area contributed by atoms with Crippen molar-refractivity contribution in [2.75, 3.05) is 13.7 Å². The van der Waals surface area contributed by atoms with Gasteiger partial charge in [0.15, 0.2) is 0 Å². The van der Waals surface area contributed by atoms with E-state index in [1.807, 2.05) is 0 Å². The predicted molar refractivity (Wildman–Crippen MR) is 81.6 cm³/mol. The van der Waals surface area contributed by atoms with Crippen molar-refractivity contribution in [1.82, 2.24) is 10.6 Å². The summed E-state index contributed by atoms with van der Waals surface area (Å²) in [6, 6.07) is 2.97. The van der Waals surface area contributed by atoms with Crippen LogP contribution in [0.4, 0.5) is 18.0 Å². The molecule has 24 heavy (non-hydrogen) atoms. The number of carbonyl (C=O) groups excluding carboxylic acids is 1. The minimum absolute atomic E-state index is 0.0597. The van der Waals surface area contributed by atoms with Crippen molar-refractivity contribution in [3.63, 3.8) is 0 Å². The Morgan fingerprint density at radius 1 is 1.38 bits per heavy atom. The third kappa shape index (κ3) is 4.31. The molecule has 3 N–H and O–H groups in total. The molecule has 1 aliphatic rings. The van der Waals surface area contributed by atoms with Gasteiger partial charge in [-0.1, -0.05) is 6.07 Å². The number of carbonyl (C=O) groups is 1. The highest BCUT2D eigenvalue weighted by atomic mass is 19.4. The van der Waals surface area contributed by atoms with Gasteiger partial charge in [0, 0.05) is 6.54 Å². The lowest BCUT2D eigenvalue weighted by molar-refractivity contribution is -0.138. The first-order valence-electron chi connectivity index (χ1n) is 7.60. The monoisotopic (exact) mass is 346 g/mol. The summed E-state index contributed by atoms with van der Waals surface area (Å²) in [6.45, 7) is 1.22. The summed E-state index contributed by atoms with van der Waals surface area (Å²) >= 11 is 0. The topological polar surface area (TPSA) is 70.6 Å². The molecule has 0 radical (unpaired) electrons. The standard InChI is InChI=1S/C16H21F3N2O3/c1-15(9-22,11-4-5-11)21-14(23)20-8-10-3-6-12(24-2)7-13(10)16(17,18)19/h3,6-7,11,22H,4-5,8-9H2,1-2H3,(H2,20,21,23)/t15-/m1/s1. The maximum atomic E-state index is 13.1. The van der Waals surface area contributed by atoms with Crippen molar-refractivity contribution in [2.45, 2.75) is 38.0 Å². The van der Waals surface area contributed by atoms with Crippen LogP contribution >= 0.6 is 0 Å². The molecule has 0 spiro atoms. The van der Waals surface area contributed by atoms with Gasteiger partial charge in [-0.15, -0.1) is 0 Å². The summed E-state index contributed by atoms with van der Waals surface area (Å²) in [4.78, 5) is 12.0. The minimum Gasteiger partial charge on any atom is -0.497 e. The van der Waals surface area contributed by atoms with Crippen LogP contribution in [0.15, 0.2) is 18.2 Å². The number of hydrogen-bond donors (Lipinski definition) is 3. The van der Waals surface area contributed by atoms with E-state index >= 15 is 0 Å². The number of rotatable bonds is 6. The van der Waals surface area contributed by atoms with Gasteiger partial charge < -0.3 is 20.5 Å². The maximum absolute atomic E-state index is 13.1. The van der Waals surface area contributed by atoms with Gasteiger partial charge in [-0.2, -0.15) is 13.2 Å². The van der Waals surface area contributed by atoms with E-state index in [1.54, 1.807) is 6.92 Å². The van der Waals surface area contributed by atoms with Gasteiger partial charge in [0.2, 0.25) is 0 Å². The van der Waals surface area contributed by atoms with Crippen molar-refractivity contribution >= 4 is 6.03 Å². The van der Waals surface area contributed by atoms with Crippen molar-refractivity contribution in [3.05, 3.63) is 29.3 Å². The maximum Gasteiger partial charge on any atom is 0.416 e. The fraction of sp³-hybridized carbons (Fsp3) is 0.562. The van der Waals surface area contributed by atoms with Crippen molar-refractivity contribution in [1.29, 1.82) is 0 Å². The number of hydrogen-bond acceptors (Lipinski definition) is 3. The molecule has 0 unspecified atom stereocenters. The number of amides is 2. The van der Waals surface area contributed by atoms with Crippen LogP contribution < -0.4 is 15.4 Å². The third-order valence-electron chi connectivity index (χ3n) is 4.27. The molecule has 5 nitrogen and oxygen atoms in total. The summed E-state index contributed by atoms with van der Waals surface area (Å²) in [5, 5.41) is 14.5. The fourth-order valence-corrected chi connectivity index (χ4v) is 2.57. The van der Waals surface area contributed by atoms with E-state index in [9.17, 15) is 23.1 Å². The van der Waals surface area contributed by atoms with E-state index in [0.29, 0.717) is 0 Å². The molecule has 1 saturated carbocycles. The molecule has 0 aromatic heterocycles. The first-order chi connectivity index (χ1) is 11.2. The smallest absolute Gasteiger partial charge is 0.416 e. The second kappa shape index (κ2) is 6.88. The molecule has 1 fully saturated rings. The Balaban J connectivity index is 2.04. The number of ether oxygens (including phenoxy) is 1. The zero-order valence-corrected chi connectivity index (χ0v) is 13.5. The quantitative estimate of drug-likeness (QED) is 0.742. The van der Waals surface area contributed by atoms with Gasteiger partial charge in [-0.25, -0.2) is 4.79 Å². The van der Waals surface area contributed by atoms with E-state index in [2.05, 4.69) is 10.6 Å². The van der Waals surface area contributed by atoms with E-state index in [-0.39, 0.29) is 30.4 Å². The molecule has 0 aliphatic heterocycles. The van der Waals surface area contributed by atoms with E-state index in [1.165, 1.54) is 19.2 Å². The highest BCUT2D eigenvalue weighted by Crippen LogP contribution is 2.39. The molecule has 1 aromatic rings. The third-order valence-corrected chi connectivity index (χ3v) is 4.27. The Bertz CT molecular complexity index is 603. The van der Waals surface area contributed by atoms with Gasteiger partial charge in [0.05, 0.1) is 24.8 Å². The summed E-state index contributed by atoms with van der Waals surface area (Å²) in [7, 11) is 1.29. The fourth-order valence-electron chi connectivity index (χ4n) is 2.57. The number of aliphatic hydroxyl groups is 1. The van der Waals surface area contributed by atoms with Crippen molar-refractivity contribution in [2.24, 2.45) is 5.92 Å². The molecule has 0 heterocycles. The van der Waals surface area contributed by atoms with E-state index in [0.717, 1.165) is 18.9 Å². The molecule has 0 bridgehead atoms. The Morgan fingerprint density at radius 3 is 2.54 bits per heavy atom. The van der Waals surface area contributed by atoms with Crippen LogP contribution in [0.5, 0.6) is 5.75 Å². The molecular weight excluding hydrogens is 325 g/mol. The normalized spacial score (nSPS) is 17.1. The van der Waals surface area contributed by atoms with Crippen LogP contribution in [0.2, 0.25) is 0 Å². The molecule has 2 amide bonds. The Kier molecular flexibility index (Phi) is 5.27. The molecule has 0 saturated heterocycles. The molecule has 1 atom stereocenters. The lowest BCUT2D eigenvalue weighted by Crippen LogP contribution is -2.54. The number of alkyl halides is 3. The Hall–Kier alpha value is -1.96. The zero-order chi connectivity index (χ0) is 18.0. The second-order valence-electron chi connectivity index (χ2n) is 6.18. The predicted octanol–water partition coefficient (Wildman–Crippen LogP) is 2.67. The average Bonchev–Trinajstić information content (AvgIpc) is 3.37. The van der Waals surface area contributed by atoms with E-state index < -0.39 is 23.3 Å². The highest BCUT2D eigenvalue weighted by molar-refractivity contribution is 5.75. The van der Waals surface area contributed by atoms with Gasteiger partial charge in [0.1, 0.15) is 5.75 Å². The van der Waals surface area contributed by atoms with Crippen LogP contribution in [0.3, 0.4) is 0 Å². The summed E-state index contributed by atoms with van der Waals surface area (Å²) in [6.07, 6.45) is -2.72. The summed E-state index contributed by atoms with van der Waals surface area (Å²) < 4.78 is 44.2. The average molecular weight is 346 g/mol. The lowest BCUT2D eigenvalue weighted by Gasteiger charge is -2.28. The van der Waals surface area contributed by atoms with Crippen LogP contribution in [0.1, 0.15) is 30.9 Å². The van der Waals surface area contributed by atoms with Gasteiger partial charge in [-0.3, -0.25) is 0 Å². The second-order valence-corrected chi connectivity index (χ2v) is 6.18. The lowest BCUT2D eigenvalue weighted by atomic mass is 9.97. The number of aliphatic hydroxyl groups excluding tert-OH is 1. The first kappa shape index (κ1) is 18.4. The van der Waals surface area contributed by atoms with E-state index in [4.69, 9.17) is 4.74 Å². The minimum atomic E-state index is -4.55. The highest BCUT2D eigenvalue weighted by Gasteiger charge is 2.42. The Morgan fingerprint density at radius 2 is 2.04 bits per heavy atom. The van der Waals surface area contributed by atoms with Gasteiger partial charge in [0.25, 0.3) is 0 Å². The largest absolute Gasteiger partial charge is 0.497 e. The van der Waals surface area contributed by atoms with Crippen LogP contribution in [-0.2, 0) is 12.7 Å². The van der Waals surface area contributed by atoms with Gasteiger partial charge in [-0.05, 0) is 43.4 Å². The molecule has 134 valence electrons. The SMILES string of the molecule is COc1ccc(CNC(=O)N[C@](C)(CO)C2CC2)c(C(F)(F)F)c1. The first-order valence-corrected chi connectivity index (χ1v) is 7.60. The number of urea groups is 1. The summed E-state index contributed by atoms with van der Waals surface area (Å²) in [5.41, 5.74) is -1.67. The number of halogens is 3. The number of benzene rings is 1. The van der Waals surface area contributed by atoms with Gasteiger partial charge >= 0.3 is 12.2 Å². The molecule has 1 aliphatic carbocycles. The van der Waals surface area contributed by atoms with Crippen LogP contribution in [0.25, 0.3) is 0 Å². The van der Waals surface area contributed by atoms with Crippen LogP contribution in [0, 0.1) is 5.92 Å². The Labute approximate surface area is 138 Å². The molecule has 1 aromatic carbocycles. The molecular formula is C16H21F3N2O3.